The monoisotopic (exact) mass is 248 g/mol. The van der Waals surface area contributed by atoms with E-state index in [-0.39, 0.29) is 0 Å². The predicted octanol–water partition coefficient (Wildman–Crippen LogP) is 2.90. The summed E-state index contributed by atoms with van der Waals surface area (Å²) in [6.45, 7) is 1.84. The summed E-state index contributed by atoms with van der Waals surface area (Å²) in [5, 5.41) is 20.4. The molecule has 1 atom stereocenters. The first-order valence-electron chi connectivity index (χ1n) is 6.34. The molecule has 1 saturated carbocycles. The minimum absolute atomic E-state index is 0.398. The fourth-order valence-electron chi connectivity index (χ4n) is 2.98. The third-order valence-corrected chi connectivity index (χ3v) is 4.13. The van der Waals surface area contributed by atoms with E-state index < -0.39 is 16.8 Å². The second kappa shape index (κ2) is 4.66. The van der Waals surface area contributed by atoms with Gasteiger partial charge in [0.15, 0.2) is 0 Å². The first-order valence-corrected chi connectivity index (χ1v) is 6.34. The van der Waals surface area contributed by atoms with E-state index >= 15 is 0 Å². The molecule has 0 aromatic carbocycles. The average Bonchev–Trinajstić information content (AvgIpc) is 2.89. The van der Waals surface area contributed by atoms with Crippen LogP contribution in [0, 0.1) is 22.6 Å². The maximum Gasteiger partial charge on any atom is 0.141 e. The predicted molar refractivity (Wildman–Crippen MR) is 64.9 cm³/mol. The molecule has 1 heterocycles. The Morgan fingerprint density at radius 2 is 2.17 bits per heavy atom. The van der Waals surface area contributed by atoms with Crippen LogP contribution in [0.25, 0.3) is 0 Å². The van der Waals surface area contributed by atoms with E-state index in [0.29, 0.717) is 25.0 Å². The van der Waals surface area contributed by atoms with Crippen LogP contribution in [0.2, 0.25) is 0 Å². The van der Waals surface area contributed by atoms with Gasteiger partial charge in [-0.15, -0.1) is 0 Å². The largest absolute Gasteiger partial charge is 0.382 e. The van der Waals surface area contributed by atoms with Gasteiger partial charge in [0, 0.05) is 0 Å². The number of halogens is 1. The van der Waals surface area contributed by atoms with Crippen molar-refractivity contribution < 1.29 is 9.50 Å². The summed E-state index contributed by atoms with van der Waals surface area (Å²) >= 11 is 0. The molecule has 0 bridgehead atoms. The molecule has 1 aromatic rings. The van der Waals surface area contributed by atoms with Crippen molar-refractivity contribution in [2.75, 3.05) is 0 Å². The molecule has 0 amide bonds. The maximum atomic E-state index is 12.9. The van der Waals surface area contributed by atoms with Crippen molar-refractivity contribution in [3.8, 4) is 6.07 Å². The highest BCUT2D eigenvalue weighted by Crippen LogP contribution is 2.52. The number of nitriles is 1. The summed E-state index contributed by atoms with van der Waals surface area (Å²) in [4.78, 5) is 3.98. The molecule has 18 heavy (non-hydrogen) atoms. The van der Waals surface area contributed by atoms with Crippen LogP contribution in [-0.4, -0.2) is 10.1 Å². The number of pyridine rings is 1. The van der Waals surface area contributed by atoms with Gasteiger partial charge in [-0.1, -0.05) is 19.8 Å². The van der Waals surface area contributed by atoms with Crippen LogP contribution in [0.4, 0.5) is 4.39 Å². The van der Waals surface area contributed by atoms with Crippen molar-refractivity contribution in [2.45, 2.75) is 44.6 Å². The number of nitrogens with zero attached hydrogens (tertiary/aromatic N) is 2. The molecule has 0 aliphatic heterocycles. The van der Waals surface area contributed by atoms with E-state index in [0.717, 1.165) is 19.0 Å². The molecule has 1 fully saturated rings. The van der Waals surface area contributed by atoms with Gasteiger partial charge in [0.25, 0.3) is 0 Å². The Morgan fingerprint density at radius 1 is 1.50 bits per heavy atom. The van der Waals surface area contributed by atoms with Gasteiger partial charge in [0.05, 0.1) is 23.4 Å². The molecule has 2 rings (SSSR count). The number of hydrogen-bond donors (Lipinski definition) is 1. The molecule has 0 radical (unpaired) electrons. The van der Waals surface area contributed by atoms with Crippen LogP contribution in [0.1, 0.15) is 44.7 Å². The molecule has 4 heteroatoms. The summed E-state index contributed by atoms with van der Waals surface area (Å²) in [5.41, 5.74) is -1.67. The molecular formula is C14H17FN2O. The number of aliphatic hydroxyl groups is 1. The summed E-state index contributed by atoms with van der Waals surface area (Å²) in [6.07, 6.45) is 4.73. The lowest BCUT2D eigenvalue weighted by Crippen LogP contribution is -2.43. The fraction of sp³-hybridized carbons (Fsp3) is 0.571. The van der Waals surface area contributed by atoms with Gasteiger partial charge in [0.1, 0.15) is 11.4 Å². The number of aromatic nitrogens is 1. The van der Waals surface area contributed by atoms with Crippen molar-refractivity contribution in [2.24, 2.45) is 5.41 Å². The van der Waals surface area contributed by atoms with Gasteiger partial charge in [0.2, 0.25) is 0 Å². The van der Waals surface area contributed by atoms with E-state index in [9.17, 15) is 14.8 Å². The lowest BCUT2D eigenvalue weighted by Gasteiger charge is -2.39. The SMILES string of the molecule is CCC(O)(c1ccc(F)cn1)C1(C#N)CCCC1. The van der Waals surface area contributed by atoms with Crippen LogP contribution in [0.3, 0.4) is 0 Å². The van der Waals surface area contributed by atoms with Crippen LogP contribution in [-0.2, 0) is 5.60 Å². The third kappa shape index (κ3) is 1.79. The van der Waals surface area contributed by atoms with E-state index in [1.165, 1.54) is 12.1 Å². The highest BCUT2D eigenvalue weighted by atomic mass is 19.1. The van der Waals surface area contributed by atoms with Crippen molar-refractivity contribution in [3.63, 3.8) is 0 Å². The van der Waals surface area contributed by atoms with Gasteiger partial charge in [-0.05, 0) is 31.4 Å². The minimum Gasteiger partial charge on any atom is -0.382 e. The van der Waals surface area contributed by atoms with Crippen molar-refractivity contribution >= 4 is 0 Å². The molecule has 0 spiro atoms. The van der Waals surface area contributed by atoms with Gasteiger partial charge >= 0.3 is 0 Å². The normalized spacial score (nSPS) is 21.2. The lowest BCUT2D eigenvalue weighted by atomic mass is 9.68. The van der Waals surface area contributed by atoms with E-state index in [4.69, 9.17) is 0 Å². The van der Waals surface area contributed by atoms with E-state index in [2.05, 4.69) is 11.1 Å². The Bertz CT molecular complexity index is 460. The first kappa shape index (κ1) is 13.0. The number of hydrogen-bond acceptors (Lipinski definition) is 3. The summed E-state index contributed by atoms with van der Waals surface area (Å²) in [6, 6.07) is 5.06. The Morgan fingerprint density at radius 3 is 2.61 bits per heavy atom. The molecule has 3 nitrogen and oxygen atoms in total. The van der Waals surface area contributed by atoms with E-state index in [1.807, 2.05) is 6.92 Å². The zero-order chi connectivity index (χ0) is 13.2. The first-order chi connectivity index (χ1) is 8.58. The highest BCUT2D eigenvalue weighted by molar-refractivity contribution is 5.24. The van der Waals surface area contributed by atoms with Crippen molar-refractivity contribution in [3.05, 3.63) is 29.8 Å². The molecule has 0 saturated heterocycles. The molecule has 1 aliphatic rings. The Kier molecular flexibility index (Phi) is 3.36. The van der Waals surface area contributed by atoms with Crippen LogP contribution < -0.4 is 0 Å². The average molecular weight is 248 g/mol. The summed E-state index contributed by atoms with van der Waals surface area (Å²) in [5.74, 6) is -0.436. The summed E-state index contributed by atoms with van der Waals surface area (Å²) < 4.78 is 12.9. The zero-order valence-corrected chi connectivity index (χ0v) is 10.5. The van der Waals surface area contributed by atoms with E-state index in [1.54, 1.807) is 0 Å². The Labute approximate surface area is 106 Å². The molecule has 1 aromatic heterocycles. The second-order valence-electron chi connectivity index (χ2n) is 4.98. The highest BCUT2D eigenvalue weighted by Gasteiger charge is 2.53. The topological polar surface area (TPSA) is 56.9 Å². The van der Waals surface area contributed by atoms with Crippen LogP contribution in [0.15, 0.2) is 18.3 Å². The smallest absolute Gasteiger partial charge is 0.141 e. The maximum absolute atomic E-state index is 12.9. The van der Waals surface area contributed by atoms with Gasteiger partial charge < -0.3 is 5.11 Å². The van der Waals surface area contributed by atoms with Gasteiger partial charge in [-0.25, -0.2) is 4.39 Å². The Hall–Kier alpha value is -1.47. The van der Waals surface area contributed by atoms with Crippen molar-refractivity contribution in [1.82, 2.24) is 4.98 Å². The minimum atomic E-state index is -1.29. The molecule has 1 unspecified atom stereocenters. The van der Waals surface area contributed by atoms with Gasteiger partial charge in [-0.3, -0.25) is 4.98 Å². The molecular weight excluding hydrogens is 231 g/mol. The van der Waals surface area contributed by atoms with Gasteiger partial charge in [-0.2, -0.15) is 5.26 Å². The lowest BCUT2D eigenvalue weighted by molar-refractivity contribution is -0.0663. The van der Waals surface area contributed by atoms with Crippen LogP contribution in [0.5, 0.6) is 0 Å². The second-order valence-corrected chi connectivity index (χ2v) is 4.98. The third-order valence-electron chi connectivity index (χ3n) is 4.13. The van der Waals surface area contributed by atoms with Crippen LogP contribution >= 0.6 is 0 Å². The Balaban J connectivity index is 2.47. The molecule has 96 valence electrons. The quantitative estimate of drug-likeness (QED) is 0.894. The standard InChI is InChI=1S/C14H17FN2O/c1-2-14(18,12-6-5-11(15)9-17-12)13(10-16)7-3-4-8-13/h5-6,9,18H,2-4,7-8H2,1H3. The fourth-order valence-corrected chi connectivity index (χ4v) is 2.98. The zero-order valence-electron chi connectivity index (χ0n) is 10.5. The number of rotatable bonds is 3. The summed E-state index contributed by atoms with van der Waals surface area (Å²) in [7, 11) is 0. The van der Waals surface area contributed by atoms with Crippen molar-refractivity contribution in [1.29, 1.82) is 5.26 Å². The molecule has 1 N–H and O–H groups in total. The molecule has 1 aliphatic carbocycles.